The average molecular weight is 313 g/mol. The molecule has 0 heterocycles. The zero-order chi connectivity index (χ0) is 16.8. The number of benzene rings is 2. The summed E-state index contributed by atoms with van der Waals surface area (Å²) in [4.78, 5) is 25.4. The van der Waals surface area contributed by atoms with Gasteiger partial charge in [-0.3, -0.25) is 4.79 Å². The first-order valence-corrected chi connectivity index (χ1v) is 7.22. The van der Waals surface area contributed by atoms with Gasteiger partial charge in [0.15, 0.2) is 6.61 Å². The number of likely N-dealkylation sites (N-methyl/N-ethyl adjacent to an activating group) is 1. The van der Waals surface area contributed by atoms with Gasteiger partial charge >= 0.3 is 5.97 Å². The van der Waals surface area contributed by atoms with Crippen molar-refractivity contribution in [3.8, 4) is 5.75 Å². The van der Waals surface area contributed by atoms with Gasteiger partial charge in [-0.1, -0.05) is 24.3 Å². The fourth-order valence-electron chi connectivity index (χ4n) is 2.05. The number of ether oxygens (including phenoxy) is 1. The molecule has 0 fully saturated rings. The third-order valence-corrected chi connectivity index (χ3v) is 3.52. The van der Waals surface area contributed by atoms with Gasteiger partial charge in [-0.05, 0) is 42.3 Å². The summed E-state index contributed by atoms with van der Waals surface area (Å²) in [7, 11) is 1.67. The van der Waals surface area contributed by atoms with Gasteiger partial charge in [0.05, 0.1) is 5.56 Å². The first kappa shape index (κ1) is 16.5. The number of phenols is 1. The Kier molecular flexibility index (Phi) is 5.36. The minimum atomic E-state index is -0.595. The van der Waals surface area contributed by atoms with Crippen molar-refractivity contribution >= 4 is 11.9 Å². The minimum Gasteiger partial charge on any atom is -0.508 e. The van der Waals surface area contributed by atoms with Crippen molar-refractivity contribution in [1.82, 2.24) is 4.90 Å². The second kappa shape index (κ2) is 7.45. The van der Waals surface area contributed by atoms with Gasteiger partial charge in [0.1, 0.15) is 5.75 Å². The maximum absolute atomic E-state index is 12.1. The molecule has 0 unspecified atom stereocenters. The molecule has 0 atom stereocenters. The number of hydrogen-bond acceptors (Lipinski definition) is 4. The number of amides is 1. The van der Waals surface area contributed by atoms with Gasteiger partial charge in [-0.15, -0.1) is 0 Å². The lowest BCUT2D eigenvalue weighted by atomic mass is 10.1. The number of phenolic OH excluding ortho intramolecular Hbond substituents is 1. The maximum Gasteiger partial charge on any atom is 0.338 e. The van der Waals surface area contributed by atoms with E-state index < -0.39 is 5.97 Å². The molecule has 0 aliphatic heterocycles. The maximum atomic E-state index is 12.1. The lowest BCUT2D eigenvalue weighted by Crippen LogP contribution is -2.31. The first-order valence-electron chi connectivity index (χ1n) is 7.22. The van der Waals surface area contributed by atoms with Crippen molar-refractivity contribution in [3.63, 3.8) is 0 Å². The lowest BCUT2D eigenvalue weighted by Gasteiger charge is -2.18. The summed E-state index contributed by atoms with van der Waals surface area (Å²) in [6, 6.07) is 13.5. The van der Waals surface area contributed by atoms with Crippen molar-refractivity contribution in [2.75, 3.05) is 13.7 Å². The van der Waals surface area contributed by atoms with Crippen LogP contribution < -0.4 is 0 Å². The van der Waals surface area contributed by atoms with Crippen LogP contribution in [0.1, 0.15) is 21.5 Å². The van der Waals surface area contributed by atoms with Crippen molar-refractivity contribution in [2.45, 2.75) is 13.5 Å². The van der Waals surface area contributed by atoms with Crippen molar-refractivity contribution in [2.24, 2.45) is 0 Å². The number of hydrogen-bond donors (Lipinski definition) is 1. The second-order valence-electron chi connectivity index (χ2n) is 5.30. The molecule has 0 aromatic heterocycles. The van der Waals surface area contributed by atoms with Crippen LogP contribution in [0.25, 0.3) is 0 Å². The van der Waals surface area contributed by atoms with E-state index in [9.17, 15) is 14.7 Å². The molecular weight excluding hydrogens is 294 g/mol. The molecule has 0 saturated carbocycles. The largest absolute Gasteiger partial charge is 0.508 e. The highest BCUT2D eigenvalue weighted by Crippen LogP contribution is 2.11. The van der Waals surface area contributed by atoms with Crippen molar-refractivity contribution < 1.29 is 19.4 Å². The molecule has 2 aromatic rings. The van der Waals surface area contributed by atoms with Crippen LogP contribution in [0.15, 0.2) is 48.5 Å². The quantitative estimate of drug-likeness (QED) is 0.861. The third kappa shape index (κ3) is 4.57. The Hall–Kier alpha value is -2.82. The number of carbonyl (C=O) groups is 2. The number of carbonyl (C=O) groups excluding carboxylic acids is 2. The second-order valence-corrected chi connectivity index (χ2v) is 5.30. The standard InChI is InChI=1S/C18H19NO4/c1-13-5-3-4-6-15(13)11-19(2)17(21)12-23-18(22)14-7-9-16(20)10-8-14/h3-10,20H,11-12H2,1-2H3. The number of esters is 1. The Labute approximate surface area is 135 Å². The highest BCUT2D eigenvalue weighted by Gasteiger charge is 2.14. The molecule has 0 spiro atoms. The highest BCUT2D eigenvalue weighted by atomic mass is 16.5. The third-order valence-electron chi connectivity index (χ3n) is 3.52. The molecule has 2 aromatic carbocycles. The van der Waals surface area contributed by atoms with E-state index in [2.05, 4.69) is 0 Å². The van der Waals surface area contributed by atoms with E-state index in [1.807, 2.05) is 31.2 Å². The molecule has 5 heteroatoms. The molecule has 0 aliphatic rings. The van der Waals surface area contributed by atoms with Crippen LogP contribution >= 0.6 is 0 Å². The molecule has 120 valence electrons. The summed E-state index contributed by atoms with van der Waals surface area (Å²) in [5.41, 5.74) is 2.44. The van der Waals surface area contributed by atoms with Gasteiger partial charge in [-0.25, -0.2) is 4.79 Å². The molecule has 2 rings (SSSR count). The molecule has 1 N–H and O–H groups in total. The first-order chi connectivity index (χ1) is 11.0. The summed E-state index contributed by atoms with van der Waals surface area (Å²) >= 11 is 0. The van der Waals surface area contributed by atoms with Crippen LogP contribution in [0.3, 0.4) is 0 Å². The molecular formula is C18H19NO4. The van der Waals surface area contributed by atoms with E-state index in [-0.39, 0.29) is 23.8 Å². The number of aryl methyl sites for hydroxylation is 1. The van der Waals surface area contributed by atoms with Crippen LogP contribution in [-0.4, -0.2) is 35.5 Å². The topological polar surface area (TPSA) is 66.8 Å². The average Bonchev–Trinajstić information content (AvgIpc) is 2.55. The monoisotopic (exact) mass is 313 g/mol. The van der Waals surface area contributed by atoms with Gasteiger partial charge in [0.25, 0.3) is 5.91 Å². The minimum absolute atomic E-state index is 0.0654. The predicted octanol–water partition coefficient (Wildman–Crippen LogP) is 2.52. The fraction of sp³-hybridized carbons (Fsp3) is 0.222. The molecule has 0 saturated heterocycles. The summed E-state index contributed by atoms with van der Waals surface area (Å²) in [6.45, 7) is 2.13. The summed E-state index contributed by atoms with van der Waals surface area (Å²) < 4.78 is 5.01. The van der Waals surface area contributed by atoms with E-state index >= 15 is 0 Å². The SMILES string of the molecule is Cc1ccccc1CN(C)C(=O)COC(=O)c1ccc(O)cc1. The molecule has 5 nitrogen and oxygen atoms in total. The van der Waals surface area contributed by atoms with E-state index in [4.69, 9.17) is 4.74 Å². The van der Waals surface area contributed by atoms with Gasteiger partial charge in [0, 0.05) is 13.6 Å². The van der Waals surface area contributed by atoms with Crippen LogP contribution in [0.5, 0.6) is 5.75 Å². The smallest absolute Gasteiger partial charge is 0.338 e. The molecule has 0 aliphatic carbocycles. The molecule has 23 heavy (non-hydrogen) atoms. The van der Waals surface area contributed by atoms with Crippen LogP contribution in [0.2, 0.25) is 0 Å². The Balaban J connectivity index is 1.87. The van der Waals surface area contributed by atoms with Gasteiger partial charge in [-0.2, -0.15) is 0 Å². The number of rotatable bonds is 5. The highest BCUT2D eigenvalue weighted by molar-refractivity contribution is 5.91. The summed E-state index contributed by atoms with van der Waals surface area (Å²) in [5, 5.41) is 9.18. The lowest BCUT2D eigenvalue weighted by molar-refractivity contribution is -0.133. The molecule has 1 amide bonds. The Morgan fingerprint density at radius 1 is 1.09 bits per heavy atom. The van der Waals surface area contributed by atoms with Crippen molar-refractivity contribution in [1.29, 1.82) is 0 Å². The summed E-state index contributed by atoms with van der Waals surface area (Å²) in [5.74, 6) is -0.807. The normalized spacial score (nSPS) is 10.2. The zero-order valence-electron chi connectivity index (χ0n) is 13.2. The van der Waals surface area contributed by atoms with E-state index in [0.717, 1.165) is 11.1 Å². The van der Waals surface area contributed by atoms with Gasteiger partial charge < -0.3 is 14.7 Å². The van der Waals surface area contributed by atoms with Gasteiger partial charge in [0.2, 0.25) is 0 Å². The molecule has 0 radical (unpaired) electrons. The van der Waals surface area contributed by atoms with Crippen LogP contribution in [0.4, 0.5) is 0 Å². The van der Waals surface area contributed by atoms with E-state index in [1.165, 1.54) is 29.2 Å². The number of aromatic hydroxyl groups is 1. The molecule has 0 bridgehead atoms. The number of nitrogens with zero attached hydrogens (tertiary/aromatic N) is 1. The van der Waals surface area contributed by atoms with Crippen LogP contribution in [0, 0.1) is 6.92 Å². The van der Waals surface area contributed by atoms with Crippen LogP contribution in [-0.2, 0) is 16.1 Å². The predicted molar refractivity (Wildman–Crippen MR) is 86.0 cm³/mol. The van der Waals surface area contributed by atoms with Crippen molar-refractivity contribution in [3.05, 3.63) is 65.2 Å². The van der Waals surface area contributed by atoms with E-state index in [1.54, 1.807) is 7.05 Å². The Bertz CT molecular complexity index is 694. The fourth-order valence-corrected chi connectivity index (χ4v) is 2.05. The summed E-state index contributed by atoms with van der Waals surface area (Å²) in [6.07, 6.45) is 0. The zero-order valence-corrected chi connectivity index (χ0v) is 13.2. The van der Waals surface area contributed by atoms with E-state index in [0.29, 0.717) is 6.54 Å². The Morgan fingerprint density at radius 3 is 2.39 bits per heavy atom. The Morgan fingerprint density at radius 2 is 1.74 bits per heavy atom.